The summed E-state index contributed by atoms with van der Waals surface area (Å²) in [5.41, 5.74) is 8.79. The summed E-state index contributed by atoms with van der Waals surface area (Å²) in [6.45, 7) is 1.63. The van der Waals surface area contributed by atoms with Crippen LogP contribution in [0.2, 0.25) is 0 Å². The molecule has 3 heterocycles. The van der Waals surface area contributed by atoms with Crippen molar-refractivity contribution in [1.29, 1.82) is 0 Å². The zero-order valence-corrected chi connectivity index (χ0v) is 16.1. The van der Waals surface area contributed by atoms with Crippen molar-refractivity contribution in [2.75, 3.05) is 18.0 Å². The summed E-state index contributed by atoms with van der Waals surface area (Å²) in [6, 6.07) is 16.1. The SMILES string of the molecule is NCc1nc(-c2ccccc2)ccc1N1CC[C@@H](Oc2ccc(C(F)(F)F)cn2)C1. The molecule has 0 aliphatic carbocycles. The molecule has 2 N–H and O–H groups in total. The first-order chi connectivity index (χ1) is 14.4. The maximum atomic E-state index is 12.7. The Balaban J connectivity index is 1.45. The van der Waals surface area contributed by atoms with E-state index in [0.29, 0.717) is 13.1 Å². The average Bonchev–Trinajstić information content (AvgIpc) is 3.22. The number of nitrogens with zero attached hydrogens (tertiary/aromatic N) is 3. The summed E-state index contributed by atoms with van der Waals surface area (Å²) in [4.78, 5) is 10.7. The fourth-order valence-corrected chi connectivity index (χ4v) is 3.53. The summed E-state index contributed by atoms with van der Waals surface area (Å²) >= 11 is 0. The van der Waals surface area contributed by atoms with Gasteiger partial charge in [0.15, 0.2) is 0 Å². The van der Waals surface area contributed by atoms with E-state index in [1.807, 2.05) is 42.5 Å². The maximum absolute atomic E-state index is 12.7. The van der Waals surface area contributed by atoms with Gasteiger partial charge >= 0.3 is 6.18 Å². The highest BCUT2D eigenvalue weighted by molar-refractivity contribution is 5.63. The molecule has 1 atom stereocenters. The lowest BCUT2D eigenvalue weighted by molar-refractivity contribution is -0.137. The number of nitrogens with two attached hydrogens (primary N) is 1. The Bertz CT molecular complexity index is 994. The van der Waals surface area contributed by atoms with Crippen LogP contribution < -0.4 is 15.4 Å². The molecule has 0 amide bonds. The topological polar surface area (TPSA) is 64.3 Å². The van der Waals surface area contributed by atoms with Crippen molar-refractivity contribution < 1.29 is 17.9 Å². The highest BCUT2D eigenvalue weighted by Crippen LogP contribution is 2.31. The molecule has 1 aliphatic rings. The van der Waals surface area contributed by atoms with Gasteiger partial charge < -0.3 is 15.4 Å². The Kier molecular flexibility index (Phi) is 5.59. The standard InChI is InChI=1S/C22H21F3N4O/c23-22(24,25)16-6-9-21(27-13-16)30-17-10-11-29(14-17)20-8-7-18(28-19(20)12-26)15-4-2-1-3-5-15/h1-9,13,17H,10-12,14,26H2/t17-/m1/s1. The second kappa shape index (κ2) is 8.31. The number of hydrogen-bond acceptors (Lipinski definition) is 5. The quantitative estimate of drug-likeness (QED) is 0.675. The fourth-order valence-electron chi connectivity index (χ4n) is 3.53. The number of alkyl halides is 3. The number of ether oxygens (including phenoxy) is 1. The lowest BCUT2D eigenvalue weighted by Gasteiger charge is -2.22. The van der Waals surface area contributed by atoms with Crippen LogP contribution in [0.1, 0.15) is 17.7 Å². The van der Waals surface area contributed by atoms with E-state index in [9.17, 15) is 13.2 Å². The van der Waals surface area contributed by atoms with Gasteiger partial charge in [0.05, 0.1) is 29.2 Å². The lowest BCUT2D eigenvalue weighted by Crippen LogP contribution is -2.26. The van der Waals surface area contributed by atoms with Crippen LogP contribution >= 0.6 is 0 Å². The Morgan fingerprint density at radius 3 is 2.53 bits per heavy atom. The third-order valence-corrected chi connectivity index (χ3v) is 5.05. The van der Waals surface area contributed by atoms with E-state index < -0.39 is 11.7 Å². The van der Waals surface area contributed by atoms with Crippen molar-refractivity contribution >= 4 is 5.69 Å². The smallest absolute Gasteiger partial charge is 0.417 e. The predicted molar refractivity (Wildman–Crippen MR) is 108 cm³/mol. The van der Waals surface area contributed by atoms with Crippen LogP contribution in [0.5, 0.6) is 5.88 Å². The molecular formula is C22H21F3N4O. The van der Waals surface area contributed by atoms with Crippen molar-refractivity contribution in [3.05, 3.63) is 72.1 Å². The molecule has 0 bridgehead atoms. The summed E-state index contributed by atoms with van der Waals surface area (Å²) in [7, 11) is 0. The van der Waals surface area contributed by atoms with Gasteiger partial charge in [-0.05, 0) is 18.2 Å². The van der Waals surface area contributed by atoms with Gasteiger partial charge in [0.1, 0.15) is 6.10 Å². The van der Waals surface area contributed by atoms with Crippen LogP contribution in [-0.4, -0.2) is 29.2 Å². The number of pyridine rings is 2. The Morgan fingerprint density at radius 2 is 1.87 bits per heavy atom. The van der Waals surface area contributed by atoms with Crippen LogP contribution in [0, 0.1) is 0 Å². The minimum Gasteiger partial charge on any atom is -0.472 e. The highest BCUT2D eigenvalue weighted by Gasteiger charge is 2.31. The number of halogens is 3. The summed E-state index contributed by atoms with van der Waals surface area (Å²) in [5.74, 6) is 0.187. The molecule has 2 aromatic heterocycles. The lowest BCUT2D eigenvalue weighted by atomic mass is 10.1. The van der Waals surface area contributed by atoms with Gasteiger partial charge in [-0.2, -0.15) is 13.2 Å². The first kappa shape index (κ1) is 20.2. The van der Waals surface area contributed by atoms with Gasteiger partial charge in [0.2, 0.25) is 5.88 Å². The van der Waals surface area contributed by atoms with Crippen molar-refractivity contribution in [3.63, 3.8) is 0 Å². The van der Waals surface area contributed by atoms with E-state index in [4.69, 9.17) is 15.5 Å². The molecule has 0 saturated carbocycles. The molecule has 8 heteroatoms. The molecule has 30 heavy (non-hydrogen) atoms. The second-order valence-corrected chi connectivity index (χ2v) is 7.09. The number of hydrogen-bond donors (Lipinski definition) is 1. The van der Waals surface area contributed by atoms with Gasteiger partial charge in [0, 0.05) is 37.3 Å². The van der Waals surface area contributed by atoms with Crippen LogP contribution in [-0.2, 0) is 12.7 Å². The summed E-state index contributed by atoms with van der Waals surface area (Å²) in [5, 5.41) is 0. The van der Waals surface area contributed by atoms with Crippen LogP contribution in [0.3, 0.4) is 0 Å². The molecule has 1 aromatic carbocycles. The van der Waals surface area contributed by atoms with Crippen molar-refractivity contribution in [2.24, 2.45) is 5.73 Å². The Hall–Kier alpha value is -3.13. The van der Waals surface area contributed by atoms with Crippen molar-refractivity contribution in [1.82, 2.24) is 9.97 Å². The monoisotopic (exact) mass is 414 g/mol. The summed E-state index contributed by atoms with van der Waals surface area (Å²) in [6.07, 6.45) is -3.06. The number of rotatable bonds is 5. The maximum Gasteiger partial charge on any atom is 0.417 e. The predicted octanol–water partition coefficient (Wildman–Crippen LogP) is 4.28. The third kappa shape index (κ3) is 4.38. The van der Waals surface area contributed by atoms with E-state index in [2.05, 4.69) is 9.88 Å². The highest BCUT2D eigenvalue weighted by atomic mass is 19.4. The van der Waals surface area contributed by atoms with E-state index in [0.717, 1.165) is 47.9 Å². The zero-order chi connectivity index (χ0) is 21.1. The second-order valence-electron chi connectivity index (χ2n) is 7.09. The van der Waals surface area contributed by atoms with Gasteiger partial charge in [-0.1, -0.05) is 30.3 Å². The van der Waals surface area contributed by atoms with Gasteiger partial charge in [-0.25, -0.2) is 9.97 Å². The largest absolute Gasteiger partial charge is 0.472 e. The minimum atomic E-state index is -4.41. The molecule has 156 valence electrons. The van der Waals surface area contributed by atoms with Gasteiger partial charge in [0.25, 0.3) is 0 Å². The number of anilines is 1. The summed E-state index contributed by atoms with van der Waals surface area (Å²) < 4.78 is 43.8. The molecule has 0 unspecified atom stereocenters. The minimum absolute atomic E-state index is 0.173. The first-order valence-electron chi connectivity index (χ1n) is 9.64. The molecular weight excluding hydrogens is 393 g/mol. The molecule has 1 aliphatic heterocycles. The fraction of sp³-hybridized carbons (Fsp3) is 0.273. The molecule has 0 spiro atoms. The first-order valence-corrected chi connectivity index (χ1v) is 9.64. The van der Waals surface area contributed by atoms with Crippen molar-refractivity contribution in [2.45, 2.75) is 25.2 Å². The van der Waals surface area contributed by atoms with E-state index in [1.54, 1.807) is 0 Å². The third-order valence-electron chi connectivity index (χ3n) is 5.05. The molecule has 4 rings (SSSR count). The molecule has 3 aromatic rings. The molecule has 0 radical (unpaired) electrons. The van der Waals surface area contributed by atoms with Crippen LogP contribution in [0.4, 0.5) is 18.9 Å². The van der Waals surface area contributed by atoms with E-state index in [-0.39, 0.29) is 12.0 Å². The van der Waals surface area contributed by atoms with E-state index >= 15 is 0 Å². The molecule has 5 nitrogen and oxygen atoms in total. The van der Waals surface area contributed by atoms with E-state index in [1.165, 1.54) is 6.07 Å². The van der Waals surface area contributed by atoms with Crippen LogP contribution in [0.25, 0.3) is 11.3 Å². The zero-order valence-electron chi connectivity index (χ0n) is 16.1. The van der Waals surface area contributed by atoms with Gasteiger partial charge in [-0.3, -0.25) is 0 Å². The van der Waals surface area contributed by atoms with Gasteiger partial charge in [-0.15, -0.1) is 0 Å². The molecule has 1 saturated heterocycles. The normalized spacial score (nSPS) is 16.7. The number of aromatic nitrogens is 2. The number of benzene rings is 1. The Morgan fingerprint density at radius 1 is 1.07 bits per heavy atom. The van der Waals surface area contributed by atoms with Crippen LogP contribution in [0.15, 0.2) is 60.8 Å². The Labute approximate surface area is 172 Å². The van der Waals surface area contributed by atoms with Crippen molar-refractivity contribution in [3.8, 4) is 17.1 Å². The average molecular weight is 414 g/mol. The molecule has 1 fully saturated rings.